The van der Waals surface area contributed by atoms with Gasteiger partial charge in [-0.2, -0.15) is 0 Å². The SMILES string of the molecule is COc1ccc(C2=C(N3CCCc4ccccc43)C(=O)N(c3ccc(C)cc3)C2=O)cc1OC. The number of carbonyl (C=O) groups is 2. The number of nitrogens with zero attached hydrogens (tertiary/aromatic N) is 2. The van der Waals surface area contributed by atoms with E-state index in [9.17, 15) is 9.59 Å². The Labute approximate surface area is 199 Å². The molecule has 3 aromatic carbocycles. The molecule has 2 heterocycles. The molecule has 34 heavy (non-hydrogen) atoms. The molecule has 0 unspecified atom stereocenters. The first-order valence-electron chi connectivity index (χ1n) is 11.3. The fraction of sp³-hybridized carbons (Fsp3) is 0.214. The van der Waals surface area contributed by atoms with Crippen LogP contribution >= 0.6 is 0 Å². The van der Waals surface area contributed by atoms with Crippen LogP contribution in [0.25, 0.3) is 5.57 Å². The summed E-state index contributed by atoms with van der Waals surface area (Å²) in [5.74, 6) is 0.387. The first-order valence-corrected chi connectivity index (χ1v) is 11.3. The van der Waals surface area contributed by atoms with Gasteiger partial charge in [-0.15, -0.1) is 0 Å². The van der Waals surface area contributed by atoms with E-state index in [2.05, 4.69) is 6.07 Å². The molecule has 6 nitrogen and oxygen atoms in total. The molecule has 0 radical (unpaired) electrons. The number of aryl methyl sites for hydroxylation is 2. The maximum atomic E-state index is 13.9. The Morgan fingerprint density at radius 2 is 1.56 bits per heavy atom. The fourth-order valence-electron chi connectivity index (χ4n) is 4.71. The van der Waals surface area contributed by atoms with Gasteiger partial charge < -0.3 is 14.4 Å². The Hall–Kier alpha value is -4.06. The third-order valence-corrected chi connectivity index (χ3v) is 6.40. The van der Waals surface area contributed by atoms with Crippen molar-refractivity contribution in [3.05, 3.63) is 89.1 Å². The van der Waals surface area contributed by atoms with E-state index in [0.717, 1.165) is 24.1 Å². The molecule has 0 atom stereocenters. The van der Waals surface area contributed by atoms with Gasteiger partial charge in [0.05, 0.1) is 25.5 Å². The Morgan fingerprint density at radius 3 is 2.29 bits per heavy atom. The average molecular weight is 455 g/mol. The minimum Gasteiger partial charge on any atom is -0.493 e. The van der Waals surface area contributed by atoms with Crippen molar-refractivity contribution in [1.29, 1.82) is 0 Å². The van der Waals surface area contributed by atoms with E-state index in [0.29, 0.717) is 40.6 Å². The van der Waals surface area contributed by atoms with Gasteiger partial charge in [-0.25, -0.2) is 4.90 Å². The predicted molar refractivity (Wildman–Crippen MR) is 132 cm³/mol. The highest BCUT2D eigenvalue weighted by Crippen LogP contribution is 2.41. The zero-order valence-corrected chi connectivity index (χ0v) is 19.5. The quantitative estimate of drug-likeness (QED) is 0.521. The van der Waals surface area contributed by atoms with Gasteiger partial charge in [0.2, 0.25) is 0 Å². The Balaban J connectivity index is 1.71. The van der Waals surface area contributed by atoms with E-state index in [1.807, 2.05) is 54.3 Å². The molecule has 6 heteroatoms. The number of hydrogen-bond acceptors (Lipinski definition) is 5. The van der Waals surface area contributed by atoms with Crippen LogP contribution in [0.1, 0.15) is 23.1 Å². The molecule has 5 rings (SSSR count). The maximum Gasteiger partial charge on any atom is 0.282 e. The monoisotopic (exact) mass is 454 g/mol. The molecule has 0 aliphatic carbocycles. The Bertz CT molecular complexity index is 1310. The summed E-state index contributed by atoms with van der Waals surface area (Å²) in [5.41, 5.74) is 5.12. The first kappa shape index (κ1) is 21.8. The zero-order chi connectivity index (χ0) is 23.8. The van der Waals surface area contributed by atoms with Crippen LogP contribution in [0.3, 0.4) is 0 Å². The second-order valence-electron chi connectivity index (χ2n) is 8.46. The summed E-state index contributed by atoms with van der Waals surface area (Å²) in [4.78, 5) is 31.1. The van der Waals surface area contributed by atoms with Gasteiger partial charge in [-0.1, -0.05) is 42.0 Å². The van der Waals surface area contributed by atoms with Gasteiger partial charge in [0.25, 0.3) is 11.8 Å². The molecule has 0 aromatic heterocycles. The number of rotatable bonds is 5. The number of benzene rings is 3. The molecule has 2 aliphatic rings. The lowest BCUT2D eigenvalue weighted by molar-refractivity contribution is -0.120. The van der Waals surface area contributed by atoms with Crippen LogP contribution in [-0.4, -0.2) is 32.6 Å². The molecule has 0 bridgehead atoms. The number of fused-ring (bicyclic) bond motifs is 1. The van der Waals surface area contributed by atoms with Gasteiger partial charge in [0, 0.05) is 12.2 Å². The molecule has 0 spiro atoms. The lowest BCUT2D eigenvalue weighted by Crippen LogP contribution is -2.37. The highest BCUT2D eigenvalue weighted by atomic mass is 16.5. The van der Waals surface area contributed by atoms with Crippen molar-refractivity contribution in [3.8, 4) is 11.5 Å². The Kier molecular flexibility index (Phi) is 5.57. The molecular formula is C28H26N2O4. The number of imide groups is 1. The number of methoxy groups -OCH3 is 2. The third-order valence-electron chi connectivity index (χ3n) is 6.40. The van der Waals surface area contributed by atoms with Crippen LogP contribution in [0.15, 0.2) is 72.4 Å². The van der Waals surface area contributed by atoms with Crippen molar-refractivity contribution >= 4 is 28.8 Å². The summed E-state index contributed by atoms with van der Waals surface area (Å²) < 4.78 is 10.9. The largest absolute Gasteiger partial charge is 0.493 e. The number of ether oxygens (including phenoxy) is 2. The summed E-state index contributed by atoms with van der Waals surface area (Å²) in [6.45, 7) is 2.63. The van der Waals surface area contributed by atoms with E-state index in [1.165, 1.54) is 10.5 Å². The molecule has 0 fully saturated rings. The number of amides is 2. The van der Waals surface area contributed by atoms with Gasteiger partial charge in [0.15, 0.2) is 11.5 Å². The predicted octanol–water partition coefficient (Wildman–Crippen LogP) is 4.75. The normalized spacial score (nSPS) is 15.6. The van der Waals surface area contributed by atoms with Gasteiger partial charge in [-0.05, 0) is 61.2 Å². The zero-order valence-electron chi connectivity index (χ0n) is 19.5. The average Bonchev–Trinajstić information content (AvgIpc) is 3.13. The highest BCUT2D eigenvalue weighted by molar-refractivity contribution is 6.46. The maximum absolute atomic E-state index is 13.9. The lowest BCUT2D eigenvalue weighted by Gasteiger charge is -2.32. The van der Waals surface area contributed by atoms with E-state index < -0.39 is 0 Å². The Morgan fingerprint density at radius 1 is 0.824 bits per heavy atom. The summed E-state index contributed by atoms with van der Waals surface area (Å²) in [6, 6.07) is 20.8. The van der Waals surface area contributed by atoms with E-state index in [-0.39, 0.29) is 11.8 Å². The van der Waals surface area contributed by atoms with E-state index >= 15 is 0 Å². The molecule has 0 N–H and O–H groups in total. The first-order chi connectivity index (χ1) is 16.5. The molecular weight excluding hydrogens is 428 g/mol. The number of carbonyl (C=O) groups excluding carboxylic acids is 2. The topological polar surface area (TPSA) is 59.1 Å². The van der Waals surface area contributed by atoms with Crippen LogP contribution in [0.2, 0.25) is 0 Å². The van der Waals surface area contributed by atoms with Crippen LogP contribution in [0, 0.1) is 6.92 Å². The summed E-state index contributed by atoms with van der Waals surface area (Å²) in [7, 11) is 3.12. The van der Waals surface area contributed by atoms with Gasteiger partial charge in [-0.3, -0.25) is 9.59 Å². The molecule has 3 aromatic rings. The summed E-state index contributed by atoms with van der Waals surface area (Å²) in [5, 5.41) is 0. The molecule has 2 aliphatic heterocycles. The van der Waals surface area contributed by atoms with Crippen LogP contribution in [0.5, 0.6) is 11.5 Å². The number of anilines is 2. The van der Waals surface area contributed by atoms with Crippen molar-refractivity contribution in [3.63, 3.8) is 0 Å². The van der Waals surface area contributed by atoms with Gasteiger partial charge >= 0.3 is 0 Å². The van der Waals surface area contributed by atoms with Crippen LogP contribution < -0.4 is 19.3 Å². The van der Waals surface area contributed by atoms with E-state index in [4.69, 9.17) is 9.47 Å². The summed E-state index contributed by atoms with van der Waals surface area (Å²) >= 11 is 0. The minimum atomic E-state index is -0.348. The van der Waals surface area contributed by atoms with Crippen LogP contribution in [0.4, 0.5) is 11.4 Å². The van der Waals surface area contributed by atoms with Crippen molar-refractivity contribution in [2.45, 2.75) is 19.8 Å². The van der Waals surface area contributed by atoms with Gasteiger partial charge in [0.1, 0.15) is 5.70 Å². The van der Waals surface area contributed by atoms with Crippen molar-refractivity contribution in [2.75, 3.05) is 30.6 Å². The third kappa shape index (κ3) is 3.52. The molecule has 2 amide bonds. The van der Waals surface area contributed by atoms with Crippen molar-refractivity contribution in [2.24, 2.45) is 0 Å². The molecule has 172 valence electrons. The highest BCUT2D eigenvalue weighted by Gasteiger charge is 2.43. The lowest BCUT2D eigenvalue weighted by atomic mass is 9.98. The molecule has 0 saturated heterocycles. The second-order valence-corrected chi connectivity index (χ2v) is 8.46. The van der Waals surface area contributed by atoms with Crippen LogP contribution in [-0.2, 0) is 16.0 Å². The second kappa shape index (κ2) is 8.71. The number of hydrogen-bond donors (Lipinski definition) is 0. The number of para-hydroxylation sites is 1. The summed E-state index contributed by atoms with van der Waals surface area (Å²) in [6.07, 6.45) is 1.83. The minimum absolute atomic E-state index is 0.324. The standard InChI is InChI=1S/C28H26N2O4/c1-18-10-13-21(14-11-18)30-27(31)25(20-12-15-23(33-2)24(17-20)34-3)26(28(30)32)29-16-6-8-19-7-4-5-9-22(19)29/h4-5,7,9-15,17H,6,8,16H2,1-3H3. The fourth-order valence-corrected chi connectivity index (χ4v) is 4.71. The van der Waals surface area contributed by atoms with Crippen molar-refractivity contribution in [1.82, 2.24) is 0 Å². The van der Waals surface area contributed by atoms with Crippen molar-refractivity contribution < 1.29 is 19.1 Å². The smallest absolute Gasteiger partial charge is 0.282 e. The van der Waals surface area contributed by atoms with E-state index in [1.54, 1.807) is 32.4 Å². The molecule has 0 saturated carbocycles.